The van der Waals surface area contributed by atoms with Gasteiger partial charge in [0, 0.05) is 24.2 Å². The zero-order valence-electron chi connectivity index (χ0n) is 19.5. The van der Waals surface area contributed by atoms with Gasteiger partial charge in [0.15, 0.2) is 0 Å². The molecular weight excluding hydrogens is 471 g/mol. The number of nitrogen functional groups attached to an aromatic ring is 1. The molecule has 10 heteroatoms. The summed E-state index contributed by atoms with van der Waals surface area (Å²) in [4.78, 5) is 32.5. The van der Waals surface area contributed by atoms with Crippen LogP contribution < -0.4 is 16.6 Å². The maximum absolute atomic E-state index is 13.4. The molecule has 0 unspecified atom stereocenters. The molecule has 0 bridgehead atoms. The van der Waals surface area contributed by atoms with Crippen LogP contribution in [0.15, 0.2) is 53.3 Å². The number of amides is 1. The standard InChI is InChI=1S/C26H24F3N5O2/c1-3-13-34-24(36)21-15-33(23(35)18-6-10-20(30)11-7-18)14-12-22(21)32-25(34)31-16(2)17-4-8-19(9-5-17)26(27,28)29/h1,4-11,16H,12-15,30H2,2H3,(H,31,32)/t16-/m0/s1. The lowest BCUT2D eigenvalue weighted by Crippen LogP contribution is -2.41. The summed E-state index contributed by atoms with van der Waals surface area (Å²) in [5, 5.41) is 3.11. The summed E-state index contributed by atoms with van der Waals surface area (Å²) in [5.74, 6) is 2.44. The number of hydrogen-bond donors (Lipinski definition) is 2. The first-order valence-corrected chi connectivity index (χ1v) is 11.2. The smallest absolute Gasteiger partial charge is 0.399 e. The molecule has 0 fully saturated rings. The molecule has 1 aliphatic heterocycles. The molecule has 2 heterocycles. The van der Waals surface area contributed by atoms with Crippen LogP contribution in [-0.2, 0) is 25.7 Å². The highest BCUT2D eigenvalue weighted by Crippen LogP contribution is 2.30. The number of fused-ring (bicyclic) bond motifs is 1. The van der Waals surface area contributed by atoms with Crippen LogP contribution in [-0.4, -0.2) is 26.9 Å². The van der Waals surface area contributed by atoms with E-state index in [-0.39, 0.29) is 30.5 Å². The Morgan fingerprint density at radius 1 is 1.19 bits per heavy atom. The molecule has 7 nitrogen and oxygen atoms in total. The average molecular weight is 496 g/mol. The molecule has 1 atom stereocenters. The summed E-state index contributed by atoms with van der Waals surface area (Å²) in [6, 6.07) is 10.9. The third-order valence-electron chi connectivity index (χ3n) is 6.09. The predicted molar refractivity (Wildman–Crippen MR) is 130 cm³/mol. The van der Waals surface area contributed by atoms with Gasteiger partial charge in [-0.2, -0.15) is 13.2 Å². The lowest BCUT2D eigenvalue weighted by Gasteiger charge is -2.29. The van der Waals surface area contributed by atoms with E-state index in [0.29, 0.717) is 41.0 Å². The van der Waals surface area contributed by atoms with Crippen molar-refractivity contribution in [1.29, 1.82) is 0 Å². The number of carbonyl (C=O) groups excluding carboxylic acids is 1. The Hall–Kier alpha value is -4.26. The van der Waals surface area contributed by atoms with Gasteiger partial charge in [0.1, 0.15) is 0 Å². The highest BCUT2D eigenvalue weighted by molar-refractivity contribution is 5.94. The molecule has 0 spiro atoms. The number of aromatic nitrogens is 2. The molecule has 1 amide bonds. The number of carbonyl (C=O) groups is 1. The second-order valence-corrected chi connectivity index (χ2v) is 8.54. The van der Waals surface area contributed by atoms with Gasteiger partial charge in [-0.25, -0.2) is 4.98 Å². The van der Waals surface area contributed by atoms with Crippen LogP contribution in [0.4, 0.5) is 24.8 Å². The number of nitrogens with two attached hydrogens (primary N) is 1. The van der Waals surface area contributed by atoms with Crippen molar-refractivity contribution in [3.05, 3.63) is 86.8 Å². The van der Waals surface area contributed by atoms with Crippen LogP contribution in [0.25, 0.3) is 0 Å². The number of alkyl halides is 3. The summed E-state index contributed by atoms with van der Waals surface area (Å²) in [7, 11) is 0. The fourth-order valence-electron chi connectivity index (χ4n) is 4.08. The number of nitrogens with one attached hydrogen (secondary N) is 1. The van der Waals surface area contributed by atoms with Crippen molar-refractivity contribution in [3.8, 4) is 12.3 Å². The Morgan fingerprint density at radius 3 is 2.47 bits per heavy atom. The summed E-state index contributed by atoms with van der Waals surface area (Å²) in [6.07, 6.45) is 1.43. The topological polar surface area (TPSA) is 93.2 Å². The normalized spacial score (nSPS) is 14.0. The van der Waals surface area contributed by atoms with Crippen LogP contribution in [0, 0.1) is 12.3 Å². The highest BCUT2D eigenvalue weighted by Gasteiger charge is 2.30. The minimum absolute atomic E-state index is 0.0624. The number of hydrogen-bond acceptors (Lipinski definition) is 5. The van der Waals surface area contributed by atoms with Gasteiger partial charge in [-0.05, 0) is 48.9 Å². The molecule has 1 aromatic heterocycles. The van der Waals surface area contributed by atoms with Gasteiger partial charge in [-0.15, -0.1) is 6.42 Å². The molecule has 186 valence electrons. The SMILES string of the molecule is C#CCn1c(N[C@@H](C)c2ccc(C(F)(F)F)cc2)nc2c(c1=O)CN(C(=O)c1ccc(N)cc1)CC2. The first kappa shape index (κ1) is 24.9. The summed E-state index contributed by atoms with van der Waals surface area (Å²) < 4.78 is 40.0. The van der Waals surface area contributed by atoms with Gasteiger partial charge in [-0.3, -0.25) is 14.2 Å². The quantitative estimate of drug-likeness (QED) is 0.414. The summed E-state index contributed by atoms with van der Waals surface area (Å²) in [6.45, 7) is 2.15. The highest BCUT2D eigenvalue weighted by atomic mass is 19.4. The molecule has 2 aromatic carbocycles. The van der Waals surface area contributed by atoms with Gasteiger partial charge < -0.3 is 16.0 Å². The third-order valence-corrected chi connectivity index (χ3v) is 6.09. The second kappa shape index (κ2) is 9.77. The van der Waals surface area contributed by atoms with E-state index in [2.05, 4.69) is 16.2 Å². The van der Waals surface area contributed by atoms with E-state index < -0.39 is 17.8 Å². The lowest BCUT2D eigenvalue weighted by atomic mass is 10.0. The molecular formula is C26H24F3N5O2. The summed E-state index contributed by atoms with van der Waals surface area (Å²) >= 11 is 0. The molecule has 4 rings (SSSR count). The van der Waals surface area contributed by atoms with Crippen molar-refractivity contribution in [1.82, 2.24) is 14.5 Å². The zero-order valence-corrected chi connectivity index (χ0v) is 19.5. The summed E-state index contributed by atoms with van der Waals surface area (Å²) in [5.41, 5.74) is 7.12. The van der Waals surface area contributed by atoms with Crippen LogP contribution in [0.3, 0.4) is 0 Å². The molecule has 0 saturated heterocycles. The largest absolute Gasteiger partial charge is 0.416 e. The molecule has 0 aliphatic carbocycles. The Bertz CT molecular complexity index is 1370. The number of terminal acetylenes is 1. The third kappa shape index (κ3) is 5.05. The van der Waals surface area contributed by atoms with E-state index in [1.807, 2.05) is 0 Å². The monoisotopic (exact) mass is 495 g/mol. The lowest BCUT2D eigenvalue weighted by molar-refractivity contribution is -0.137. The average Bonchev–Trinajstić information content (AvgIpc) is 2.86. The fraction of sp³-hybridized carbons (Fsp3) is 0.269. The fourth-order valence-corrected chi connectivity index (χ4v) is 4.08. The van der Waals surface area contributed by atoms with Gasteiger partial charge in [0.05, 0.1) is 36.0 Å². The first-order valence-electron chi connectivity index (χ1n) is 11.2. The number of anilines is 2. The predicted octanol–water partition coefficient (Wildman–Crippen LogP) is 3.85. The van der Waals surface area contributed by atoms with Crippen molar-refractivity contribution in [2.45, 2.75) is 38.7 Å². The van der Waals surface area contributed by atoms with Crippen LogP contribution in [0.5, 0.6) is 0 Å². The van der Waals surface area contributed by atoms with Crippen molar-refractivity contribution in [3.63, 3.8) is 0 Å². The van der Waals surface area contributed by atoms with E-state index in [1.165, 1.54) is 16.7 Å². The van der Waals surface area contributed by atoms with Crippen molar-refractivity contribution in [2.24, 2.45) is 0 Å². The molecule has 36 heavy (non-hydrogen) atoms. The number of benzene rings is 2. The van der Waals surface area contributed by atoms with Gasteiger partial charge >= 0.3 is 6.18 Å². The minimum atomic E-state index is -4.42. The maximum atomic E-state index is 13.4. The molecule has 3 aromatic rings. The van der Waals surface area contributed by atoms with E-state index in [9.17, 15) is 22.8 Å². The van der Waals surface area contributed by atoms with Crippen molar-refractivity contribution in [2.75, 3.05) is 17.6 Å². The Balaban J connectivity index is 1.60. The minimum Gasteiger partial charge on any atom is -0.399 e. The maximum Gasteiger partial charge on any atom is 0.416 e. The van der Waals surface area contributed by atoms with E-state index in [1.54, 1.807) is 36.1 Å². The van der Waals surface area contributed by atoms with Crippen LogP contribution >= 0.6 is 0 Å². The molecule has 0 radical (unpaired) electrons. The Kier molecular flexibility index (Phi) is 6.75. The molecule has 1 aliphatic rings. The van der Waals surface area contributed by atoms with Gasteiger partial charge in [0.25, 0.3) is 11.5 Å². The van der Waals surface area contributed by atoms with Crippen LogP contribution in [0.1, 0.15) is 45.7 Å². The van der Waals surface area contributed by atoms with Crippen molar-refractivity contribution < 1.29 is 18.0 Å². The zero-order chi connectivity index (χ0) is 26.0. The van der Waals surface area contributed by atoms with E-state index in [4.69, 9.17) is 12.2 Å². The Morgan fingerprint density at radius 2 is 1.86 bits per heavy atom. The molecule has 3 N–H and O–H groups in total. The van der Waals surface area contributed by atoms with E-state index >= 15 is 0 Å². The number of halogens is 3. The van der Waals surface area contributed by atoms with Gasteiger partial charge in [0.2, 0.25) is 5.95 Å². The van der Waals surface area contributed by atoms with E-state index in [0.717, 1.165) is 12.1 Å². The number of nitrogens with zero attached hydrogens (tertiary/aromatic N) is 3. The second-order valence-electron chi connectivity index (χ2n) is 8.54. The van der Waals surface area contributed by atoms with Gasteiger partial charge in [-0.1, -0.05) is 18.1 Å². The van der Waals surface area contributed by atoms with Crippen molar-refractivity contribution >= 4 is 17.5 Å². The number of rotatable bonds is 5. The molecule has 0 saturated carbocycles. The van der Waals surface area contributed by atoms with Crippen LogP contribution in [0.2, 0.25) is 0 Å². The Labute approximate surface area is 205 Å². The first-order chi connectivity index (χ1) is 17.1.